The fourth-order valence-electron chi connectivity index (χ4n) is 4.18. The molecule has 0 unspecified atom stereocenters. The Bertz CT molecular complexity index is 836. The number of carbonyl (C=O) groups excluding carboxylic acids is 1. The van der Waals surface area contributed by atoms with Gasteiger partial charge in [-0.2, -0.15) is 0 Å². The number of anilines is 1. The van der Waals surface area contributed by atoms with Crippen LogP contribution in [0.4, 0.5) is 5.69 Å². The molecule has 4 rings (SSSR count). The molecule has 5 heteroatoms. The minimum absolute atomic E-state index is 0.142. The number of amides is 1. The lowest BCUT2D eigenvalue weighted by Crippen LogP contribution is -2.49. The van der Waals surface area contributed by atoms with Gasteiger partial charge in [-0.15, -0.1) is 0 Å². The molecule has 2 saturated heterocycles. The Morgan fingerprint density at radius 3 is 2.28 bits per heavy atom. The van der Waals surface area contributed by atoms with Crippen LogP contribution in [-0.4, -0.2) is 68.2 Å². The summed E-state index contributed by atoms with van der Waals surface area (Å²) in [6.45, 7) is 12.1. The van der Waals surface area contributed by atoms with Crippen LogP contribution in [0.15, 0.2) is 42.5 Å². The first-order valence-corrected chi connectivity index (χ1v) is 10.6. The molecular weight excluding hydrogens is 362 g/mol. The van der Waals surface area contributed by atoms with E-state index in [1.165, 1.54) is 22.4 Å². The summed E-state index contributed by atoms with van der Waals surface area (Å²) in [5.74, 6) is 0.142. The summed E-state index contributed by atoms with van der Waals surface area (Å²) >= 11 is 0. The van der Waals surface area contributed by atoms with E-state index < -0.39 is 0 Å². The van der Waals surface area contributed by atoms with Gasteiger partial charge in [0.15, 0.2) is 0 Å². The van der Waals surface area contributed by atoms with Crippen LogP contribution < -0.4 is 4.90 Å². The topological polar surface area (TPSA) is 36.0 Å². The molecule has 2 fully saturated rings. The van der Waals surface area contributed by atoms with E-state index in [4.69, 9.17) is 4.74 Å². The van der Waals surface area contributed by atoms with E-state index >= 15 is 0 Å². The van der Waals surface area contributed by atoms with Crippen molar-refractivity contribution in [2.24, 2.45) is 0 Å². The molecule has 0 atom stereocenters. The predicted octanol–water partition coefficient (Wildman–Crippen LogP) is 3.10. The van der Waals surface area contributed by atoms with Gasteiger partial charge in [-0.1, -0.05) is 24.3 Å². The maximum absolute atomic E-state index is 12.9. The second kappa shape index (κ2) is 8.97. The zero-order valence-electron chi connectivity index (χ0n) is 17.6. The average molecular weight is 394 g/mol. The van der Waals surface area contributed by atoms with Gasteiger partial charge in [0.2, 0.25) is 0 Å². The standard InChI is InChI=1S/C24H31N3O2/c1-19-4-3-5-23(20(19)2)26-10-12-27(13-11-26)24(28)22-8-6-21(7-9-22)18-25-14-16-29-17-15-25/h3-9H,10-18H2,1-2H3. The maximum atomic E-state index is 12.9. The van der Waals surface area contributed by atoms with Gasteiger partial charge in [0.05, 0.1) is 13.2 Å². The Morgan fingerprint density at radius 1 is 0.897 bits per heavy atom. The molecule has 0 spiro atoms. The maximum Gasteiger partial charge on any atom is 0.253 e. The van der Waals surface area contributed by atoms with Gasteiger partial charge in [-0.05, 0) is 48.7 Å². The van der Waals surface area contributed by atoms with Crippen molar-refractivity contribution in [3.05, 3.63) is 64.7 Å². The highest BCUT2D eigenvalue weighted by atomic mass is 16.5. The fraction of sp³-hybridized carbons (Fsp3) is 0.458. The van der Waals surface area contributed by atoms with Crippen LogP contribution in [0.25, 0.3) is 0 Å². The van der Waals surface area contributed by atoms with Crippen LogP contribution in [0.1, 0.15) is 27.0 Å². The number of aryl methyl sites for hydroxylation is 1. The summed E-state index contributed by atoms with van der Waals surface area (Å²) in [5, 5.41) is 0. The van der Waals surface area contributed by atoms with E-state index in [1.807, 2.05) is 17.0 Å². The van der Waals surface area contributed by atoms with Crippen molar-refractivity contribution in [2.45, 2.75) is 20.4 Å². The Hall–Kier alpha value is -2.37. The second-order valence-corrected chi connectivity index (χ2v) is 8.08. The van der Waals surface area contributed by atoms with Gasteiger partial charge in [0.1, 0.15) is 0 Å². The Morgan fingerprint density at radius 2 is 1.59 bits per heavy atom. The van der Waals surface area contributed by atoms with E-state index in [2.05, 4.69) is 54.0 Å². The predicted molar refractivity (Wildman–Crippen MR) is 117 cm³/mol. The number of rotatable bonds is 4. The summed E-state index contributed by atoms with van der Waals surface area (Å²) in [5.41, 5.74) is 5.99. The Kier molecular flexibility index (Phi) is 6.16. The van der Waals surface area contributed by atoms with Crippen molar-refractivity contribution in [3.8, 4) is 0 Å². The molecule has 0 aromatic heterocycles. The molecule has 5 nitrogen and oxygen atoms in total. The van der Waals surface area contributed by atoms with Crippen molar-refractivity contribution in [3.63, 3.8) is 0 Å². The summed E-state index contributed by atoms with van der Waals surface area (Å²) in [6.07, 6.45) is 0. The first kappa shape index (κ1) is 19.9. The van der Waals surface area contributed by atoms with Crippen LogP contribution in [-0.2, 0) is 11.3 Å². The lowest BCUT2D eigenvalue weighted by Gasteiger charge is -2.37. The molecular formula is C24H31N3O2. The van der Waals surface area contributed by atoms with Gasteiger partial charge in [0.25, 0.3) is 5.91 Å². The van der Waals surface area contributed by atoms with E-state index in [0.29, 0.717) is 0 Å². The third-order valence-corrected chi connectivity index (χ3v) is 6.19. The monoisotopic (exact) mass is 393 g/mol. The van der Waals surface area contributed by atoms with Crippen molar-refractivity contribution < 1.29 is 9.53 Å². The van der Waals surface area contributed by atoms with Crippen LogP contribution in [0, 0.1) is 13.8 Å². The lowest BCUT2D eigenvalue weighted by molar-refractivity contribution is 0.0342. The van der Waals surface area contributed by atoms with Crippen molar-refractivity contribution in [1.82, 2.24) is 9.80 Å². The number of benzene rings is 2. The lowest BCUT2D eigenvalue weighted by atomic mass is 10.1. The molecule has 0 bridgehead atoms. The van der Waals surface area contributed by atoms with E-state index in [1.54, 1.807) is 0 Å². The van der Waals surface area contributed by atoms with E-state index in [-0.39, 0.29) is 5.91 Å². The number of hydrogen-bond acceptors (Lipinski definition) is 4. The van der Waals surface area contributed by atoms with Crippen LogP contribution >= 0.6 is 0 Å². The van der Waals surface area contributed by atoms with Gasteiger partial charge in [-0.3, -0.25) is 9.69 Å². The molecule has 2 aromatic rings. The second-order valence-electron chi connectivity index (χ2n) is 8.08. The van der Waals surface area contributed by atoms with Crippen molar-refractivity contribution in [1.29, 1.82) is 0 Å². The molecule has 0 aliphatic carbocycles. The first-order chi connectivity index (χ1) is 14.1. The molecule has 2 heterocycles. The number of nitrogens with zero attached hydrogens (tertiary/aromatic N) is 3. The third kappa shape index (κ3) is 4.62. The number of ether oxygens (including phenoxy) is 1. The molecule has 0 N–H and O–H groups in total. The SMILES string of the molecule is Cc1cccc(N2CCN(C(=O)c3ccc(CN4CCOCC4)cc3)CC2)c1C. The number of morpholine rings is 1. The van der Waals surface area contributed by atoms with E-state index in [9.17, 15) is 4.79 Å². The molecule has 154 valence electrons. The first-order valence-electron chi connectivity index (χ1n) is 10.6. The molecule has 29 heavy (non-hydrogen) atoms. The highest BCUT2D eigenvalue weighted by molar-refractivity contribution is 5.94. The highest BCUT2D eigenvalue weighted by Crippen LogP contribution is 2.24. The Labute approximate surface area is 173 Å². The van der Waals surface area contributed by atoms with Crippen molar-refractivity contribution in [2.75, 3.05) is 57.4 Å². The molecule has 0 radical (unpaired) electrons. The highest BCUT2D eigenvalue weighted by Gasteiger charge is 2.23. The average Bonchev–Trinajstić information content (AvgIpc) is 2.77. The fourth-order valence-corrected chi connectivity index (χ4v) is 4.18. The van der Waals surface area contributed by atoms with Gasteiger partial charge in [0, 0.05) is 57.1 Å². The largest absolute Gasteiger partial charge is 0.379 e. The summed E-state index contributed by atoms with van der Waals surface area (Å²) in [4.78, 5) is 19.7. The molecule has 2 aliphatic rings. The molecule has 1 amide bonds. The summed E-state index contributed by atoms with van der Waals surface area (Å²) < 4.78 is 5.41. The molecule has 2 aliphatic heterocycles. The Balaban J connectivity index is 1.34. The quantitative estimate of drug-likeness (QED) is 0.800. The van der Waals surface area contributed by atoms with Crippen molar-refractivity contribution >= 4 is 11.6 Å². The third-order valence-electron chi connectivity index (χ3n) is 6.19. The van der Waals surface area contributed by atoms with Crippen LogP contribution in [0.3, 0.4) is 0 Å². The molecule has 0 saturated carbocycles. The van der Waals surface area contributed by atoms with Gasteiger partial charge < -0.3 is 14.5 Å². The smallest absolute Gasteiger partial charge is 0.253 e. The van der Waals surface area contributed by atoms with Crippen LogP contribution in [0.5, 0.6) is 0 Å². The zero-order chi connectivity index (χ0) is 20.2. The zero-order valence-corrected chi connectivity index (χ0v) is 17.6. The minimum atomic E-state index is 0.142. The number of piperazine rings is 1. The summed E-state index contributed by atoms with van der Waals surface area (Å²) in [7, 11) is 0. The van der Waals surface area contributed by atoms with Crippen LogP contribution in [0.2, 0.25) is 0 Å². The van der Waals surface area contributed by atoms with Gasteiger partial charge >= 0.3 is 0 Å². The number of carbonyl (C=O) groups is 1. The van der Waals surface area contributed by atoms with E-state index in [0.717, 1.165) is 64.6 Å². The minimum Gasteiger partial charge on any atom is -0.379 e. The normalized spacial score (nSPS) is 18.1. The number of hydrogen-bond donors (Lipinski definition) is 0. The van der Waals surface area contributed by atoms with Gasteiger partial charge in [-0.25, -0.2) is 0 Å². The summed E-state index contributed by atoms with van der Waals surface area (Å²) in [6, 6.07) is 14.6. The molecule has 2 aromatic carbocycles.